The maximum Gasteiger partial charge on any atom is 0.226 e. The standard InChI is InChI=1S/C21H31FN2O2/c1-20(2)18(21(20,3)4)19(26)24-11-10-23(17(14-24)9-12-25)13-15-5-7-16(22)8-6-15/h5-8,17-18,25H,9-14H2,1-4H3. The van der Waals surface area contributed by atoms with Gasteiger partial charge in [0.05, 0.1) is 0 Å². The Labute approximate surface area is 156 Å². The van der Waals surface area contributed by atoms with Crippen molar-refractivity contribution in [3.05, 3.63) is 35.6 Å². The summed E-state index contributed by atoms with van der Waals surface area (Å²) in [5.74, 6) is 0.100. The Bertz CT molecular complexity index is 642. The summed E-state index contributed by atoms with van der Waals surface area (Å²) in [4.78, 5) is 17.3. The van der Waals surface area contributed by atoms with Gasteiger partial charge in [-0.1, -0.05) is 39.8 Å². The van der Waals surface area contributed by atoms with Gasteiger partial charge in [-0.25, -0.2) is 4.39 Å². The van der Waals surface area contributed by atoms with Crippen LogP contribution < -0.4 is 0 Å². The number of nitrogens with zero attached hydrogens (tertiary/aromatic N) is 2. The van der Waals surface area contributed by atoms with Gasteiger partial charge in [0.2, 0.25) is 5.91 Å². The molecule has 1 atom stereocenters. The van der Waals surface area contributed by atoms with E-state index in [1.54, 1.807) is 12.1 Å². The Morgan fingerprint density at radius 3 is 2.31 bits per heavy atom. The van der Waals surface area contributed by atoms with E-state index >= 15 is 0 Å². The Morgan fingerprint density at radius 2 is 1.77 bits per heavy atom. The minimum absolute atomic E-state index is 0.0435. The minimum Gasteiger partial charge on any atom is -0.396 e. The number of aliphatic hydroxyl groups is 1. The van der Waals surface area contributed by atoms with Crippen LogP contribution in [0.4, 0.5) is 4.39 Å². The summed E-state index contributed by atoms with van der Waals surface area (Å²) in [5, 5.41) is 9.47. The van der Waals surface area contributed by atoms with E-state index < -0.39 is 0 Å². The molecule has 1 aliphatic heterocycles. The van der Waals surface area contributed by atoms with Gasteiger partial charge >= 0.3 is 0 Å². The normalized spacial score (nSPS) is 25.3. The molecule has 1 saturated heterocycles. The van der Waals surface area contributed by atoms with Crippen LogP contribution in [0.5, 0.6) is 0 Å². The molecular formula is C21H31FN2O2. The molecule has 2 aliphatic rings. The molecule has 1 unspecified atom stereocenters. The molecule has 1 aromatic carbocycles. The van der Waals surface area contributed by atoms with E-state index in [2.05, 4.69) is 32.6 Å². The van der Waals surface area contributed by atoms with E-state index in [9.17, 15) is 14.3 Å². The lowest BCUT2D eigenvalue weighted by molar-refractivity contribution is -0.137. The molecule has 0 radical (unpaired) electrons. The summed E-state index contributed by atoms with van der Waals surface area (Å²) < 4.78 is 13.1. The quantitative estimate of drug-likeness (QED) is 0.876. The number of carbonyl (C=O) groups excluding carboxylic acids is 1. The smallest absolute Gasteiger partial charge is 0.226 e. The maximum atomic E-state index is 13.1. The number of halogens is 1. The van der Waals surface area contributed by atoms with Gasteiger partial charge in [-0.15, -0.1) is 0 Å². The molecule has 1 heterocycles. The average molecular weight is 362 g/mol. The average Bonchev–Trinajstić information content (AvgIpc) is 3.00. The van der Waals surface area contributed by atoms with Crippen molar-refractivity contribution in [3.8, 4) is 0 Å². The van der Waals surface area contributed by atoms with Gasteiger partial charge in [0.15, 0.2) is 0 Å². The third kappa shape index (κ3) is 3.39. The molecule has 144 valence electrons. The summed E-state index contributed by atoms with van der Waals surface area (Å²) in [5.41, 5.74) is 1.14. The molecule has 1 saturated carbocycles. The zero-order valence-corrected chi connectivity index (χ0v) is 16.3. The van der Waals surface area contributed by atoms with Crippen LogP contribution in [-0.4, -0.2) is 53.1 Å². The van der Waals surface area contributed by atoms with Crippen molar-refractivity contribution < 1.29 is 14.3 Å². The lowest BCUT2D eigenvalue weighted by atomic mass is 10.0. The monoisotopic (exact) mass is 362 g/mol. The van der Waals surface area contributed by atoms with Crippen molar-refractivity contribution in [2.75, 3.05) is 26.2 Å². The van der Waals surface area contributed by atoms with Crippen molar-refractivity contribution in [1.29, 1.82) is 0 Å². The number of amides is 1. The fourth-order valence-corrected chi connectivity index (χ4v) is 4.54. The van der Waals surface area contributed by atoms with Gasteiger partial charge in [-0.2, -0.15) is 0 Å². The third-order valence-electron chi connectivity index (χ3n) is 6.95. The van der Waals surface area contributed by atoms with Crippen LogP contribution in [-0.2, 0) is 11.3 Å². The zero-order valence-electron chi connectivity index (χ0n) is 16.3. The SMILES string of the molecule is CC1(C)C(C(=O)N2CCN(Cc3ccc(F)cc3)C(CCO)C2)C1(C)C. The molecule has 1 aliphatic carbocycles. The second-order valence-electron chi connectivity index (χ2n) is 8.92. The first-order valence-corrected chi connectivity index (χ1v) is 9.56. The number of hydrogen-bond acceptors (Lipinski definition) is 3. The molecule has 26 heavy (non-hydrogen) atoms. The zero-order chi connectivity index (χ0) is 19.1. The Morgan fingerprint density at radius 1 is 1.15 bits per heavy atom. The van der Waals surface area contributed by atoms with Crippen molar-refractivity contribution in [1.82, 2.24) is 9.80 Å². The second kappa shape index (κ2) is 6.93. The number of hydrogen-bond donors (Lipinski definition) is 1. The first-order chi connectivity index (χ1) is 12.2. The van der Waals surface area contributed by atoms with Crippen molar-refractivity contribution in [2.24, 2.45) is 16.7 Å². The maximum absolute atomic E-state index is 13.1. The first kappa shape index (κ1) is 19.3. The molecule has 1 aromatic rings. The van der Waals surface area contributed by atoms with Crippen LogP contribution in [0.25, 0.3) is 0 Å². The van der Waals surface area contributed by atoms with Crippen LogP contribution in [0.3, 0.4) is 0 Å². The summed E-state index contributed by atoms with van der Waals surface area (Å²) in [6, 6.07) is 6.70. The molecule has 0 aromatic heterocycles. The highest BCUT2D eigenvalue weighted by Crippen LogP contribution is 2.68. The summed E-state index contributed by atoms with van der Waals surface area (Å²) >= 11 is 0. The van der Waals surface area contributed by atoms with Gasteiger partial charge in [0, 0.05) is 44.7 Å². The molecule has 0 bridgehead atoms. The van der Waals surface area contributed by atoms with E-state index in [1.165, 1.54) is 12.1 Å². The van der Waals surface area contributed by atoms with Gasteiger partial charge < -0.3 is 10.0 Å². The van der Waals surface area contributed by atoms with Crippen LogP contribution in [0, 0.1) is 22.6 Å². The van der Waals surface area contributed by atoms with Gasteiger partial charge in [-0.3, -0.25) is 9.69 Å². The van der Waals surface area contributed by atoms with Crippen molar-refractivity contribution in [3.63, 3.8) is 0 Å². The number of rotatable bonds is 5. The molecule has 2 fully saturated rings. The Kier molecular flexibility index (Phi) is 5.15. The van der Waals surface area contributed by atoms with E-state index in [0.717, 1.165) is 12.1 Å². The van der Waals surface area contributed by atoms with E-state index in [-0.39, 0.29) is 41.1 Å². The Hall–Kier alpha value is -1.46. The van der Waals surface area contributed by atoms with Crippen molar-refractivity contribution >= 4 is 5.91 Å². The minimum atomic E-state index is -0.231. The van der Waals surface area contributed by atoms with Crippen LogP contribution in [0.15, 0.2) is 24.3 Å². The number of aliphatic hydroxyl groups excluding tert-OH is 1. The fraction of sp³-hybridized carbons (Fsp3) is 0.667. The van der Waals surface area contributed by atoms with Gasteiger partial charge in [-0.05, 0) is 34.9 Å². The lowest BCUT2D eigenvalue weighted by Gasteiger charge is -2.42. The molecule has 1 N–H and O–H groups in total. The summed E-state index contributed by atoms with van der Waals surface area (Å²) in [6.07, 6.45) is 0.641. The highest BCUT2D eigenvalue weighted by Gasteiger charge is 2.68. The second-order valence-corrected chi connectivity index (χ2v) is 8.92. The van der Waals surface area contributed by atoms with Crippen LogP contribution >= 0.6 is 0 Å². The molecule has 5 heteroatoms. The highest BCUT2D eigenvalue weighted by atomic mass is 19.1. The van der Waals surface area contributed by atoms with Crippen LogP contribution in [0.1, 0.15) is 39.7 Å². The van der Waals surface area contributed by atoms with Crippen molar-refractivity contribution in [2.45, 2.75) is 46.7 Å². The lowest BCUT2D eigenvalue weighted by Crippen LogP contribution is -2.55. The van der Waals surface area contributed by atoms with Gasteiger partial charge in [0.1, 0.15) is 5.82 Å². The first-order valence-electron chi connectivity index (χ1n) is 9.56. The number of benzene rings is 1. The molecule has 3 rings (SSSR count). The largest absolute Gasteiger partial charge is 0.396 e. The van der Waals surface area contributed by atoms with Gasteiger partial charge in [0.25, 0.3) is 0 Å². The van der Waals surface area contributed by atoms with E-state index in [4.69, 9.17) is 0 Å². The fourth-order valence-electron chi connectivity index (χ4n) is 4.54. The topological polar surface area (TPSA) is 43.8 Å². The van der Waals surface area contributed by atoms with E-state index in [1.807, 2.05) is 4.90 Å². The molecule has 4 nitrogen and oxygen atoms in total. The molecule has 0 spiro atoms. The van der Waals surface area contributed by atoms with E-state index in [0.29, 0.717) is 26.1 Å². The predicted octanol–water partition coefficient (Wildman–Crippen LogP) is 2.90. The third-order valence-corrected chi connectivity index (χ3v) is 6.95. The number of piperazine rings is 1. The van der Waals surface area contributed by atoms with Crippen LogP contribution in [0.2, 0.25) is 0 Å². The Balaban J connectivity index is 1.66. The summed E-state index contributed by atoms with van der Waals surface area (Å²) in [7, 11) is 0. The molecular weight excluding hydrogens is 331 g/mol. The highest BCUT2D eigenvalue weighted by molar-refractivity contribution is 5.84. The summed E-state index contributed by atoms with van der Waals surface area (Å²) in [6.45, 7) is 11.7. The number of carbonyl (C=O) groups is 1. The predicted molar refractivity (Wildman–Crippen MR) is 99.9 cm³/mol. The molecule has 1 amide bonds.